The molecular weight excluding hydrogens is 358 g/mol. The lowest BCUT2D eigenvalue weighted by molar-refractivity contribution is -0.139. The Hall–Kier alpha value is -2.38. The molecule has 2 N–H and O–H groups in total. The lowest BCUT2D eigenvalue weighted by Gasteiger charge is -2.20. The van der Waals surface area contributed by atoms with Crippen LogP contribution in [0.3, 0.4) is 0 Å². The number of halogens is 6. The Balaban J connectivity index is 2.72. The summed E-state index contributed by atoms with van der Waals surface area (Å²) in [6.45, 7) is 3.50. The molecule has 2 nitrogen and oxygen atoms in total. The minimum Gasteiger partial charge on any atom is -0.388 e. The van der Waals surface area contributed by atoms with Crippen molar-refractivity contribution in [2.24, 2.45) is 0 Å². The van der Waals surface area contributed by atoms with Gasteiger partial charge >= 0.3 is 12.4 Å². The van der Waals surface area contributed by atoms with Gasteiger partial charge in [0.15, 0.2) is 0 Å². The van der Waals surface area contributed by atoms with E-state index in [2.05, 4.69) is 10.6 Å². The molecule has 142 valence electrons. The van der Waals surface area contributed by atoms with Crippen molar-refractivity contribution in [1.82, 2.24) is 0 Å². The zero-order valence-corrected chi connectivity index (χ0v) is 14.3. The molecule has 8 heteroatoms. The second-order valence-corrected chi connectivity index (χ2v) is 6.07. The Labute approximate surface area is 147 Å². The number of alkyl halides is 6. The molecule has 0 bridgehead atoms. The smallest absolute Gasteiger partial charge is 0.388 e. The van der Waals surface area contributed by atoms with Crippen molar-refractivity contribution >= 4 is 11.4 Å². The summed E-state index contributed by atoms with van der Waals surface area (Å²) in [7, 11) is 1.43. The van der Waals surface area contributed by atoms with Crippen LogP contribution in [0.2, 0.25) is 0 Å². The van der Waals surface area contributed by atoms with E-state index in [9.17, 15) is 26.3 Å². The van der Waals surface area contributed by atoms with Crippen LogP contribution in [0.5, 0.6) is 0 Å². The van der Waals surface area contributed by atoms with Crippen molar-refractivity contribution in [3.8, 4) is 11.1 Å². The van der Waals surface area contributed by atoms with Crippen molar-refractivity contribution in [1.29, 1.82) is 0 Å². The minimum absolute atomic E-state index is 0.123. The van der Waals surface area contributed by atoms with Gasteiger partial charge in [0.1, 0.15) is 0 Å². The number of hydrogen-bond donors (Lipinski definition) is 2. The molecule has 0 aliphatic heterocycles. The highest BCUT2D eigenvalue weighted by atomic mass is 19.4. The summed E-state index contributed by atoms with van der Waals surface area (Å²) < 4.78 is 80.7. The van der Waals surface area contributed by atoms with Crippen LogP contribution in [0.4, 0.5) is 37.7 Å². The van der Waals surface area contributed by atoms with Crippen LogP contribution in [0.1, 0.15) is 25.0 Å². The Morgan fingerprint density at radius 2 is 1.15 bits per heavy atom. The quantitative estimate of drug-likeness (QED) is 0.616. The molecule has 0 aliphatic carbocycles. The molecule has 2 rings (SSSR count). The second kappa shape index (κ2) is 7.09. The summed E-state index contributed by atoms with van der Waals surface area (Å²) in [6.07, 6.45) is -9.59. The maximum absolute atomic E-state index is 13.5. The average Bonchev–Trinajstić information content (AvgIpc) is 2.52. The SMILES string of the molecule is CNc1ccc(-c2ccc(NC(C)C)cc2C(F)(F)F)c(C(F)(F)F)c1. The van der Waals surface area contributed by atoms with E-state index >= 15 is 0 Å². The van der Waals surface area contributed by atoms with Crippen LogP contribution >= 0.6 is 0 Å². The van der Waals surface area contributed by atoms with E-state index in [0.29, 0.717) is 0 Å². The van der Waals surface area contributed by atoms with Gasteiger partial charge in [0, 0.05) is 24.5 Å². The lowest BCUT2D eigenvalue weighted by atomic mass is 9.93. The zero-order chi connectivity index (χ0) is 19.7. The number of rotatable bonds is 4. The maximum Gasteiger partial charge on any atom is 0.417 e. The van der Waals surface area contributed by atoms with Crippen molar-refractivity contribution in [2.75, 3.05) is 17.7 Å². The molecule has 0 heterocycles. The third-order valence-electron chi connectivity index (χ3n) is 3.68. The molecular formula is C18H18F6N2. The highest BCUT2D eigenvalue weighted by Crippen LogP contribution is 2.44. The molecule has 0 spiro atoms. The van der Waals surface area contributed by atoms with Crippen LogP contribution in [0.25, 0.3) is 11.1 Å². The first kappa shape index (κ1) is 19.9. The van der Waals surface area contributed by atoms with Gasteiger partial charge in [0.25, 0.3) is 0 Å². The summed E-state index contributed by atoms with van der Waals surface area (Å²) in [4.78, 5) is 0. The Morgan fingerprint density at radius 1 is 0.731 bits per heavy atom. The van der Waals surface area contributed by atoms with E-state index in [0.717, 1.165) is 24.3 Å². The van der Waals surface area contributed by atoms with Crippen LogP contribution in [-0.4, -0.2) is 13.1 Å². The third kappa shape index (κ3) is 4.42. The topological polar surface area (TPSA) is 24.1 Å². The van der Waals surface area contributed by atoms with E-state index < -0.39 is 34.6 Å². The van der Waals surface area contributed by atoms with Gasteiger partial charge < -0.3 is 10.6 Å². The van der Waals surface area contributed by atoms with Gasteiger partial charge in [0.05, 0.1) is 11.1 Å². The molecule has 0 saturated heterocycles. The Kier molecular flexibility index (Phi) is 5.44. The number of benzene rings is 2. The normalized spacial score (nSPS) is 12.4. The fourth-order valence-corrected chi connectivity index (χ4v) is 2.61. The number of anilines is 2. The summed E-state index contributed by atoms with van der Waals surface area (Å²) in [6, 6.07) is 6.29. The van der Waals surface area contributed by atoms with Gasteiger partial charge in [-0.15, -0.1) is 0 Å². The highest BCUT2D eigenvalue weighted by molar-refractivity contribution is 5.76. The zero-order valence-electron chi connectivity index (χ0n) is 14.3. The van der Waals surface area contributed by atoms with Crippen LogP contribution in [0, 0.1) is 0 Å². The van der Waals surface area contributed by atoms with E-state index in [1.165, 1.54) is 19.2 Å². The Morgan fingerprint density at radius 3 is 1.54 bits per heavy atom. The monoisotopic (exact) mass is 376 g/mol. The van der Waals surface area contributed by atoms with Gasteiger partial charge in [0.2, 0.25) is 0 Å². The van der Waals surface area contributed by atoms with E-state index in [4.69, 9.17) is 0 Å². The summed E-state index contributed by atoms with van der Waals surface area (Å²) in [5.41, 5.74) is -2.92. The van der Waals surface area contributed by atoms with Gasteiger partial charge in [-0.25, -0.2) is 0 Å². The van der Waals surface area contributed by atoms with Gasteiger partial charge in [-0.3, -0.25) is 0 Å². The third-order valence-corrected chi connectivity index (χ3v) is 3.68. The molecule has 0 saturated carbocycles. The first-order valence-electron chi connectivity index (χ1n) is 7.80. The summed E-state index contributed by atoms with van der Waals surface area (Å²) in [5, 5.41) is 5.39. The maximum atomic E-state index is 13.5. The summed E-state index contributed by atoms with van der Waals surface area (Å²) in [5.74, 6) is 0. The molecule has 0 aliphatic rings. The summed E-state index contributed by atoms with van der Waals surface area (Å²) >= 11 is 0. The first-order chi connectivity index (χ1) is 11.9. The molecule has 2 aromatic carbocycles. The number of hydrogen-bond acceptors (Lipinski definition) is 2. The van der Waals surface area contributed by atoms with Crippen molar-refractivity contribution < 1.29 is 26.3 Å². The Bertz CT molecular complexity index is 778. The fourth-order valence-electron chi connectivity index (χ4n) is 2.61. The molecule has 0 fully saturated rings. The predicted octanol–water partition coefficient (Wildman–Crippen LogP) is 6.25. The first-order valence-corrected chi connectivity index (χ1v) is 7.80. The van der Waals surface area contributed by atoms with Crippen LogP contribution < -0.4 is 10.6 Å². The van der Waals surface area contributed by atoms with Crippen LogP contribution in [-0.2, 0) is 12.4 Å². The second-order valence-electron chi connectivity index (χ2n) is 6.07. The average molecular weight is 376 g/mol. The van der Waals surface area contributed by atoms with Crippen LogP contribution in [0.15, 0.2) is 36.4 Å². The van der Waals surface area contributed by atoms with Crippen molar-refractivity contribution in [3.05, 3.63) is 47.5 Å². The molecule has 0 aromatic heterocycles. The molecule has 0 amide bonds. The van der Waals surface area contributed by atoms with Gasteiger partial charge in [-0.1, -0.05) is 12.1 Å². The largest absolute Gasteiger partial charge is 0.417 e. The lowest BCUT2D eigenvalue weighted by Crippen LogP contribution is -2.14. The molecule has 2 aromatic rings. The minimum atomic E-state index is -4.80. The van der Waals surface area contributed by atoms with Gasteiger partial charge in [-0.05, 0) is 49.2 Å². The molecule has 26 heavy (non-hydrogen) atoms. The fraction of sp³-hybridized carbons (Fsp3) is 0.333. The van der Waals surface area contributed by atoms with E-state index in [1.54, 1.807) is 13.8 Å². The highest BCUT2D eigenvalue weighted by Gasteiger charge is 2.38. The van der Waals surface area contributed by atoms with Gasteiger partial charge in [-0.2, -0.15) is 26.3 Å². The predicted molar refractivity (Wildman–Crippen MR) is 90.2 cm³/mol. The van der Waals surface area contributed by atoms with E-state index in [-0.39, 0.29) is 17.4 Å². The molecule has 0 radical (unpaired) electrons. The van der Waals surface area contributed by atoms with Crippen molar-refractivity contribution in [3.63, 3.8) is 0 Å². The number of nitrogens with one attached hydrogen (secondary N) is 2. The molecule has 0 atom stereocenters. The molecule has 0 unspecified atom stereocenters. The standard InChI is InChI=1S/C18H18F6N2/c1-10(2)26-12-5-7-14(16(9-12)18(22,23)24)13-6-4-11(25-3)8-15(13)17(19,20)21/h4-10,25-26H,1-3H3. The van der Waals surface area contributed by atoms with Crippen molar-refractivity contribution in [2.45, 2.75) is 32.2 Å². The van der Waals surface area contributed by atoms with E-state index in [1.807, 2.05) is 0 Å².